The third kappa shape index (κ3) is 2.90. The van der Waals surface area contributed by atoms with Crippen LogP contribution in [0, 0.1) is 0 Å². The number of nitrogens with one attached hydrogen (secondary N) is 1. The van der Waals surface area contributed by atoms with Crippen molar-refractivity contribution in [3.63, 3.8) is 0 Å². The summed E-state index contributed by atoms with van der Waals surface area (Å²) in [6.07, 6.45) is 0.719. The highest BCUT2D eigenvalue weighted by molar-refractivity contribution is 7.09. The molecule has 6 heteroatoms. The number of benzene rings is 1. The van der Waals surface area contributed by atoms with Crippen molar-refractivity contribution in [3.05, 3.63) is 51.5 Å². The van der Waals surface area contributed by atoms with Crippen LogP contribution in [-0.2, 0) is 11.3 Å². The largest absolute Gasteiger partial charge is 0.396 e. The predicted octanol–water partition coefficient (Wildman–Crippen LogP) is 2.24. The first kappa shape index (κ1) is 15.1. The number of aliphatic hydroxyl groups is 1. The van der Waals surface area contributed by atoms with Gasteiger partial charge in [-0.05, 0) is 17.5 Å². The Morgan fingerprint density at radius 1 is 1.45 bits per heavy atom. The summed E-state index contributed by atoms with van der Waals surface area (Å²) in [4.78, 5) is 16.6. The Morgan fingerprint density at radius 3 is 2.95 bits per heavy atom. The van der Waals surface area contributed by atoms with Gasteiger partial charge in [0, 0.05) is 18.4 Å². The minimum atomic E-state index is -0.183. The summed E-state index contributed by atoms with van der Waals surface area (Å²) in [6, 6.07) is 7.86. The summed E-state index contributed by atoms with van der Waals surface area (Å²) in [5.74, 6) is -0.0991. The molecular weight excluding hydrogens is 300 g/mol. The van der Waals surface area contributed by atoms with E-state index in [0.717, 1.165) is 22.6 Å². The highest BCUT2D eigenvalue weighted by Crippen LogP contribution is 2.39. The first-order valence-electron chi connectivity index (χ1n) is 7.16. The maximum absolute atomic E-state index is 12.4. The van der Waals surface area contributed by atoms with Gasteiger partial charge in [-0.1, -0.05) is 24.3 Å². The third-order valence-electron chi connectivity index (χ3n) is 3.91. The number of aliphatic hydroxyl groups excluding tert-OH is 1. The zero-order chi connectivity index (χ0) is 15.5. The fourth-order valence-corrected chi connectivity index (χ4v) is 3.63. The SMILES string of the molecule is COCc1nc(C(=O)N[C@@H]2C[C@@H](CO)c3ccccc32)cs1. The van der Waals surface area contributed by atoms with Crippen LogP contribution in [0.25, 0.3) is 0 Å². The van der Waals surface area contributed by atoms with Crippen LogP contribution in [0.15, 0.2) is 29.6 Å². The Morgan fingerprint density at radius 2 is 2.23 bits per heavy atom. The van der Waals surface area contributed by atoms with Crippen LogP contribution < -0.4 is 5.32 Å². The molecule has 0 fully saturated rings. The van der Waals surface area contributed by atoms with E-state index in [1.54, 1.807) is 12.5 Å². The molecule has 1 aromatic carbocycles. The molecule has 0 spiro atoms. The Balaban J connectivity index is 1.74. The van der Waals surface area contributed by atoms with Gasteiger partial charge in [-0.2, -0.15) is 0 Å². The Bertz CT molecular complexity index is 671. The van der Waals surface area contributed by atoms with Gasteiger partial charge in [0.2, 0.25) is 0 Å². The number of carbonyl (C=O) groups excluding carboxylic acids is 1. The molecule has 0 radical (unpaired) electrons. The molecule has 116 valence electrons. The topological polar surface area (TPSA) is 71.5 Å². The van der Waals surface area contributed by atoms with E-state index in [4.69, 9.17) is 4.74 Å². The molecule has 0 unspecified atom stereocenters. The van der Waals surface area contributed by atoms with Crippen molar-refractivity contribution >= 4 is 17.2 Å². The van der Waals surface area contributed by atoms with Crippen LogP contribution in [0.5, 0.6) is 0 Å². The highest BCUT2D eigenvalue weighted by Gasteiger charge is 2.31. The summed E-state index contributed by atoms with van der Waals surface area (Å²) in [7, 11) is 1.60. The Hall–Kier alpha value is -1.76. The third-order valence-corrected chi connectivity index (χ3v) is 4.73. The molecule has 1 heterocycles. The van der Waals surface area contributed by atoms with E-state index in [1.807, 2.05) is 24.3 Å². The summed E-state index contributed by atoms with van der Waals surface area (Å²) in [5, 5.41) is 15.1. The highest BCUT2D eigenvalue weighted by atomic mass is 32.1. The number of fused-ring (bicyclic) bond motifs is 1. The minimum absolute atomic E-state index is 0.0755. The average molecular weight is 318 g/mol. The lowest BCUT2D eigenvalue weighted by atomic mass is 10.0. The molecule has 1 aromatic heterocycles. The van der Waals surface area contributed by atoms with Crippen LogP contribution in [0.2, 0.25) is 0 Å². The molecule has 0 saturated heterocycles. The van der Waals surface area contributed by atoms with Crippen LogP contribution in [0.3, 0.4) is 0 Å². The maximum atomic E-state index is 12.4. The summed E-state index contributed by atoms with van der Waals surface area (Å²) in [6.45, 7) is 0.509. The smallest absolute Gasteiger partial charge is 0.271 e. The van der Waals surface area contributed by atoms with Gasteiger partial charge < -0.3 is 15.2 Å². The molecule has 2 N–H and O–H groups in total. The molecule has 1 aliphatic rings. The molecule has 2 atom stereocenters. The average Bonchev–Trinajstić information content (AvgIpc) is 3.13. The molecule has 5 nitrogen and oxygen atoms in total. The van der Waals surface area contributed by atoms with E-state index >= 15 is 0 Å². The molecule has 2 aromatic rings. The van der Waals surface area contributed by atoms with Crippen molar-refractivity contribution in [2.45, 2.75) is 25.0 Å². The molecule has 1 aliphatic carbocycles. The van der Waals surface area contributed by atoms with Gasteiger partial charge in [0.05, 0.1) is 19.3 Å². The van der Waals surface area contributed by atoms with Crippen LogP contribution in [0.1, 0.15) is 45.0 Å². The van der Waals surface area contributed by atoms with Gasteiger partial charge in [0.25, 0.3) is 5.91 Å². The second kappa shape index (κ2) is 6.56. The van der Waals surface area contributed by atoms with E-state index < -0.39 is 0 Å². The lowest BCUT2D eigenvalue weighted by Crippen LogP contribution is -2.27. The number of ether oxygens (including phenoxy) is 1. The fraction of sp³-hybridized carbons (Fsp3) is 0.375. The number of amides is 1. The van der Waals surface area contributed by atoms with Gasteiger partial charge in [-0.3, -0.25) is 4.79 Å². The fourth-order valence-electron chi connectivity index (χ4n) is 2.89. The van der Waals surface area contributed by atoms with Gasteiger partial charge in [-0.25, -0.2) is 4.98 Å². The van der Waals surface area contributed by atoms with E-state index in [2.05, 4.69) is 10.3 Å². The van der Waals surface area contributed by atoms with Crippen molar-refractivity contribution < 1.29 is 14.6 Å². The van der Waals surface area contributed by atoms with Gasteiger partial charge in [0.15, 0.2) is 0 Å². The zero-order valence-corrected chi connectivity index (χ0v) is 13.1. The van der Waals surface area contributed by atoms with E-state index in [1.165, 1.54) is 11.3 Å². The molecule has 1 amide bonds. The molecule has 0 saturated carbocycles. The van der Waals surface area contributed by atoms with Crippen molar-refractivity contribution in [2.75, 3.05) is 13.7 Å². The zero-order valence-electron chi connectivity index (χ0n) is 12.3. The molecule has 22 heavy (non-hydrogen) atoms. The summed E-state index contributed by atoms with van der Waals surface area (Å²) < 4.78 is 5.02. The molecular formula is C16H18N2O3S. The lowest BCUT2D eigenvalue weighted by molar-refractivity contribution is 0.0929. The normalized spacial score (nSPS) is 19.9. The summed E-state index contributed by atoms with van der Waals surface area (Å²) >= 11 is 1.41. The quantitative estimate of drug-likeness (QED) is 0.887. The van der Waals surface area contributed by atoms with E-state index in [0.29, 0.717) is 12.3 Å². The monoisotopic (exact) mass is 318 g/mol. The number of hydrogen-bond donors (Lipinski definition) is 2. The number of nitrogens with zero attached hydrogens (tertiary/aromatic N) is 1. The number of thiazole rings is 1. The summed E-state index contributed by atoms with van der Waals surface area (Å²) in [5.41, 5.74) is 2.62. The second-order valence-corrected chi connectivity index (χ2v) is 6.27. The maximum Gasteiger partial charge on any atom is 0.271 e. The number of hydrogen-bond acceptors (Lipinski definition) is 5. The van der Waals surface area contributed by atoms with Gasteiger partial charge >= 0.3 is 0 Å². The van der Waals surface area contributed by atoms with Crippen LogP contribution >= 0.6 is 11.3 Å². The minimum Gasteiger partial charge on any atom is -0.396 e. The van der Waals surface area contributed by atoms with Crippen molar-refractivity contribution in [1.82, 2.24) is 10.3 Å². The number of carbonyl (C=O) groups is 1. The number of aromatic nitrogens is 1. The van der Waals surface area contributed by atoms with E-state index in [-0.39, 0.29) is 24.5 Å². The molecule has 0 bridgehead atoms. The molecule has 0 aliphatic heterocycles. The Labute approximate surface area is 133 Å². The van der Waals surface area contributed by atoms with Crippen LogP contribution in [-0.4, -0.2) is 29.7 Å². The van der Waals surface area contributed by atoms with Gasteiger partial charge in [-0.15, -0.1) is 11.3 Å². The van der Waals surface area contributed by atoms with Crippen molar-refractivity contribution in [2.24, 2.45) is 0 Å². The molecule has 3 rings (SSSR count). The first-order valence-corrected chi connectivity index (χ1v) is 8.04. The second-order valence-electron chi connectivity index (χ2n) is 5.33. The van der Waals surface area contributed by atoms with Crippen molar-refractivity contribution in [1.29, 1.82) is 0 Å². The van der Waals surface area contributed by atoms with Gasteiger partial charge in [0.1, 0.15) is 10.7 Å². The number of methoxy groups -OCH3 is 1. The predicted molar refractivity (Wildman–Crippen MR) is 83.9 cm³/mol. The Kier molecular flexibility index (Phi) is 4.52. The first-order chi connectivity index (χ1) is 10.7. The van der Waals surface area contributed by atoms with E-state index in [9.17, 15) is 9.90 Å². The number of rotatable bonds is 5. The van der Waals surface area contributed by atoms with Crippen molar-refractivity contribution in [3.8, 4) is 0 Å². The van der Waals surface area contributed by atoms with Crippen LogP contribution in [0.4, 0.5) is 0 Å². The lowest BCUT2D eigenvalue weighted by Gasteiger charge is -2.13. The standard InChI is InChI=1S/C16H18N2O3S/c1-21-8-15-17-14(9-22-15)16(20)18-13-6-10(7-19)11-4-2-3-5-12(11)13/h2-5,9-10,13,19H,6-8H2,1H3,(H,18,20)/t10-,13+/m0/s1.